The lowest BCUT2D eigenvalue weighted by Gasteiger charge is -2.24. The summed E-state index contributed by atoms with van der Waals surface area (Å²) < 4.78 is 5.77. The molecule has 0 heterocycles. The summed E-state index contributed by atoms with van der Waals surface area (Å²) in [4.78, 5) is 2.32. The van der Waals surface area contributed by atoms with Crippen molar-refractivity contribution in [3.05, 3.63) is 23.8 Å². The Morgan fingerprint density at radius 3 is 2.39 bits per heavy atom. The number of nitrogens with one attached hydrogen (secondary N) is 1. The van der Waals surface area contributed by atoms with Crippen LogP contribution in [0.25, 0.3) is 0 Å². The minimum Gasteiger partial charge on any atom is -0.492 e. The van der Waals surface area contributed by atoms with E-state index in [9.17, 15) is 0 Å². The highest BCUT2D eigenvalue weighted by molar-refractivity contribution is 5.59. The smallest absolute Gasteiger partial charge is 0.142 e. The quantitative estimate of drug-likeness (QED) is 0.767. The predicted octanol–water partition coefficient (Wildman–Crippen LogP) is 3.04. The van der Waals surface area contributed by atoms with Gasteiger partial charge in [0.15, 0.2) is 0 Å². The molecule has 3 nitrogen and oxygen atoms in total. The van der Waals surface area contributed by atoms with Gasteiger partial charge in [0.05, 0.1) is 12.3 Å². The zero-order valence-corrected chi connectivity index (χ0v) is 12.1. The second kappa shape index (κ2) is 7.98. The Hall–Kier alpha value is -1.22. The molecular formula is C15H26N2O. The first-order valence-corrected chi connectivity index (χ1v) is 6.98. The van der Waals surface area contributed by atoms with Crippen LogP contribution in [0.3, 0.4) is 0 Å². The molecule has 0 amide bonds. The van der Waals surface area contributed by atoms with Gasteiger partial charge in [-0.25, -0.2) is 0 Å². The molecule has 0 radical (unpaired) electrons. The molecule has 0 saturated heterocycles. The molecule has 0 spiro atoms. The molecule has 0 bridgehead atoms. The van der Waals surface area contributed by atoms with E-state index in [4.69, 9.17) is 4.74 Å². The van der Waals surface area contributed by atoms with E-state index in [2.05, 4.69) is 49.2 Å². The lowest BCUT2D eigenvalue weighted by Crippen LogP contribution is -2.22. The summed E-state index contributed by atoms with van der Waals surface area (Å²) in [5.74, 6) is 0.997. The number of ether oxygens (including phenoxy) is 1. The van der Waals surface area contributed by atoms with Crippen LogP contribution in [0.1, 0.15) is 33.3 Å². The highest BCUT2D eigenvalue weighted by Gasteiger charge is 2.10. The van der Waals surface area contributed by atoms with Gasteiger partial charge in [-0.2, -0.15) is 0 Å². The third-order valence-electron chi connectivity index (χ3n) is 3.01. The molecule has 0 saturated carbocycles. The molecular weight excluding hydrogens is 224 g/mol. The summed E-state index contributed by atoms with van der Waals surface area (Å²) >= 11 is 0. The number of rotatable bonds is 8. The fourth-order valence-electron chi connectivity index (χ4n) is 2.03. The normalized spacial score (nSPS) is 10.4. The monoisotopic (exact) mass is 250 g/mol. The van der Waals surface area contributed by atoms with Crippen LogP contribution in [-0.2, 0) is 6.54 Å². The Balaban J connectivity index is 2.95. The zero-order valence-electron chi connectivity index (χ0n) is 12.1. The second-order valence-electron chi connectivity index (χ2n) is 4.19. The summed E-state index contributed by atoms with van der Waals surface area (Å²) in [5, 5.41) is 3.34. The van der Waals surface area contributed by atoms with Gasteiger partial charge in [-0.1, -0.05) is 13.0 Å². The lowest BCUT2D eigenvalue weighted by molar-refractivity contribution is 0.340. The molecule has 18 heavy (non-hydrogen) atoms. The molecule has 0 unspecified atom stereocenters. The fourth-order valence-corrected chi connectivity index (χ4v) is 2.03. The van der Waals surface area contributed by atoms with Gasteiger partial charge in [0, 0.05) is 19.6 Å². The summed E-state index contributed by atoms with van der Waals surface area (Å²) in [7, 11) is 0. The molecule has 0 aliphatic heterocycles. The maximum Gasteiger partial charge on any atom is 0.142 e. The van der Waals surface area contributed by atoms with Gasteiger partial charge in [0.25, 0.3) is 0 Å². The first-order valence-electron chi connectivity index (χ1n) is 6.98. The van der Waals surface area contributed by atoms with Crippen molar-refractivity contribution in [1.29, 1.82) is 0 Å². The van der Waals surface area contributed by atoms with E-state index in [1.165, 1.54) is 11.3 Å². The second-order valence-corrected chi connectivity index (χ2v) is 4.19. The SMILES string of the molecule is CCNCc1ccc(N(CC)CC)c(OCC)c1. The lowest BCUT2D eigenvalue weighted by atomic mass is 10.1. The van der Waals surface area contributed by atoms with E-state index in [-0.39, 0.29) is 0 Å². The van der Waals surface area contributed by atoms with Crippen molar-refractivity contribution in [2.45, 2.75) is 34.2 Å². The highest BCUT2D eigenvalue weighted by atomic mass is 16.5. The molecule has 1 aromatic rings. The van der Waals surface area contributed by atoms with Crippen molar-refractivity contribution < 1.29 is 4.74 Å². The Labute approximate surface area is 111 Å². The van der Waals surface area contributed by atoms with Crippen molar-refractivity contribution in [3.63, 3.8) is 0 Å². The van der Waals surface area contributed by atoms with Gasteiger partial charge in [-0.15, -0.1) is 0 Å². The topological polar surface area (TPSA) is 24.5 Å². The van der Waals surface area contributed by atoms with Crippen LogP contribution < -0.4 is 15.0 Å². The Morgan fingerprint density at radius 1 is 1.11 bits per heavy atom. The van der Waals surface area contributed by atoms with Gasteiger partial charge in [-0.3, -0.25) is 0 Å². The maximum absolute atomic E-state index is 5.77. The summed E-state index contributed by atoms with van der Waals surface area (Å²) in [6.45, 7) is 13.1. The van der Waals surface area contributed by atoms with Gasteiger partial charge < -0.3 is 15.0 Å². The average Bonchev–Trinajstić information content (AvgIpc) is 2.40. The molecule has 1 N–H and O–H groups in total. The molecule has 1 rings (SSSR count). The van der Waals surface area contributed by atoms with Gasteiger partial charge >= 0.3 is 0 Å². The van der Waals surface area contributed by atoms with E-state index in [0.29, 0.717) is 6.61 Å². The van der Waals surface area contributed by atoms with Crippen LogP contribution >= 0.6 is 0 Å². The summed E-state index contributed by atoms with van der Waals surface area (Å²) in [6.07, 6.45) is 0. The van der Waals surface area contributed by atoms with Crippen molar-refractivity contribution in [2.75, 3.05) is 31.1 Å². The first kappa shape index (κ1) is 14.8. The molecule has 0 aromatic heterocycles. The minimum absolute atomic E-state index is 0.707. The van der Waals surface area contributed by atoms with Crippen molar-refractivity contribution in [1.82, 2.24) is 5.32 Å². The van der Waals surface area contributed by atoms with Crippen LogP contribution in [0.4, 0.5) is 5.69 Å². The molecule has 102 valence electrons. The third kappa shape index (κ3) is 3.91. The van der Waals surface area contributed by atoms with E-state index in [0.717, 1.165) is 31.9 Å². The van der Waals surface area contributed by atoms with Crippen molar-refractivity contribution >= 4 is 5.69 Å². The molecule has 0 aliphatic carbocycles. The molecule has 0 aliphatic rings. The fraction of sp³-hybridized carbons (Fsp3) is 0.600. The molecule has 1 aromatic carbocycles. The van der Waals surface area contributed by atoms with E-state index < -0.39 is 0 Å². The standard InChI is InChI=1S/C15H26N2O/c1-5-16-12-13-9-10-14(17(6-2)7-3)15(11-13)18-8-4/h9-11,16H,5-8,12H2,1-4H3. The van der Waals surface area contributed by atoms with E-state index >= 15 is 0 Å². The average molecular weight is 250 g/mol. The van der Waals surface area contributed by atoms with Crippen molar-refractivity contribution in [2.24, 2.45) is 0 Å². The largest absolute Gasteiger partial charge is 0.492 e. The minimum atomic E-state index is 0.707. The highest BCUT2D eigenvalue weighted by Crippen LogP contribution is 2.29. The predicted molar refractivity (Wildman–Crippen MR) is 78.6 cm³/mol. The van der Waals surface area contributed by atoms with Crippen LogP contribution in [-0.4, -0.2) is 26.2 Å². The van der Waals surface area contributed by atoms with E-state index in [1.807, 2.05) is 6.92 Å². The number of nitrogens with zero attached hydrogens (tertiary/aromatic N) is 1. The third-order valence-corrected chi connectivity index (χ3v) is 3.01. The number of benzene rings is 1. The van der Waals surface area contributed by atoms with Gasteiger partial charge in [-0.05, 0) is 45.0 Å². The zero-order chi connectivity index (χ0) is 13.4. The number of anilines is 1. The van der Waals surface area contributed by atoms with E-state index in [1.54, 1.807) is 0 Å². The molecule has 0 fully saturated rings. The first-order chi connectivity index (χ1) is 8.76. The van der Waals surface area contributed by atoms with Gasteiger partial charge in [0.2, 0.25) is 0 Å². The van der Waals surface area contributed by atoms with Crippen LogP contribution in [0.5, 0.6) is 5.75 Å². The van der Waals surface area contributed by atoms with Crippen LogP contribution in [0.15, 0.2) is 18.2 Å². The van der Waals surface area contributed by atoms with Crippen LogP contribution in [0.2, 0.25) is 0 Å². The number of hydrogen-bond acceptors (Lipinski definition) is 3. The summed E-state index contributed by atoms with van der Waals surface area (Å²) in [5.41, 5.74) is 2.47. The molecule has 0 atom stereocenters. The Morgan fingerprint density at radius 2 is 1.83 bits per heavy atom. The van der Waals surface area contributed by atoms with Gasteiger partial charge in [0.1, 0.15) is 5.75 Å². The maximum atomic E-state index is 5.77. The molecule has 3 heteroatoms. The number of hydrogen-bond donors (Lipinski definition) is 1. The van der Waals surface area contributed by atoms with Crippen LogP contribution in [0, 0.1) is 0 Å². The Kier molecular flexibility index (Phi) is 6.58. The van der Waals surface area contributed by atoms with Crippen molar-refractivity contribution in [3.8, 4) is 5.75 Å². The summed E-state index contributed by atoms with van der Waals surface area (Å²) in [6, 6.07) is 6.50. The Bertz CT molecular complexity index is 348.